The number of pyridine rings is 1. The number of fused-ring (bicyclic) bond motifs is 1. The molecule has 0 saturated heterocycles. The number of hydrogen-bond donors (Lipinski definition) is 2. The maximum atomic E-state index is 14.2. The lowest BCUT2D eigenvalue weighted by Crippen LogP contribution is -2.28. The smallest absolute Gasteiger partial charge is 0.413 e. The zero-order valence-electron chi connectivity index (χ0n) is 19.3. The van der Waals surface area contributed by atoms with E-state index < -0.39 is 24.6 Å². The van der Waals surface area contributed by atoms with E-state index in [-0.39, 0.29) is 29.7 Å². The van der Waals surface area contributed by atoms with Crippen LogP contribution in [0, 0.1) is 5.82 Å². The van der Waals surface area contributed by atoms with Gasteiger partial charge in [0.1, 0.15) is 17.2 Å². The summed E-state index contributed by atoms with van der Waals surface area (Å²) in [5, 5.41) is 5.02. The number of hydrogen-bond acceptors (Lipinski definition) is 8. The lowest BCUT2D eigenvalue weighted by molar-refractivity contribution is 0.180. The first-order valence-electron chi connectivity index (χ1n) is 10.5. The van der Waals surface area contributed by atoms with Crippen molar-refractivity contribution >= 4 is 34.4 Å². The first-order valence-corrected chi connectivity index (χ1v) is 8.98. The number of carbonyl (C=O) groups is 1. The van der Waals surface area contributed by atoms with E-state index in [0.29, 0.717) is 21.5 Å². The standard InChI is InChI=1S/C20H19FN8O2/c1-28(20(30)31-2)15-16(22)25-18(26-17(15)23)14-12-7-5-9-24-19(12)29(27-14)10-11-6-3-4-8-13(11)21/h3-9H,10H2,1-2H3,(H4,22,23,25,26)/i1D3. The summed E-state index contributed by atoms with van der Waals surface area (Å²) in [5.41, 5.74) is 12.7. The van der Waals surface area contributed by atoms with Crippen LogP contribution in [0.3, 0.4) is 0 Å². The number of nitrogens with two attached hydrogens (primary N) is 2. The van der Waals surface area contributed by atoms with E-state index in [1.165, 1.54) is 10.7 Å². The average molecular weight is 425 g/mol. The van der Waals surface area contributed by atoms with Crippen LogP contribution in [-0.2, 0) is 11.3 Å². The van der Waals surface area contributed by atoms with Crippen LogP contribution in [0.1, 0.15) is 9.68 Å². The van der Waals surface area contributed by atoms with Crippen molar-refractivity contribution in [2.24, 2.45) is 0 Å². The number of methoxy groups -OCH3 is 1. The van der Waals surface area contributed by atoms with Crippen LogP contribution in [0.2, 0.25) is 0 Å². The molecule has 3 heterocycles. The third kappa shape index (κ3) is 3.56. The minimum absolute atomic E-state index is 0.0283. The second-order valence-corrected chi connectivity index (χ2v) is 6.44. The van der Waals surface area contributed by atoms with Gasteiger partial charge in [0.15, 0.2) is 23.1 Å². The number of halogens is 1. The van der Waals surface area contributed by atoms with Crippen molar-refractivity contribution in [1.82, 2.24) is 24.7 Å². The first kappa shape index (κ1) is 16.5. The van der Waals surface area contributed by atoms with Gasteiger partial charge in [-0.1, -0.05) is 18.2 Å². The molecular weight excluding hydrogens is 403 g/mol. The topological polar surface area (TPSA) is 138 Å². The number of carbonyl (C=O) groups excluding carboxylic acids is 1. The fourth-order valence-corrected chi connectivity index (χ4v) is 3.08. The van der Waals surface area contributed by atoms with Crippen molar-refractivity contribution in [2.75, 3.05) is 30.5 Å². The van der Waals surface area contributed by atoms with E-state index in [1.54, 1.807) is 36.5 Å². The molecule has 0 atom stereocenters. The largest absolute Gasteiger partial charge is 0.452 e. The number of aromatic nitrogens is 5. The molecular formula is C20H19FN8O2. The van der Waals surface area contributed by atoms with Gasteiger partial charge in [0.2, 0.25) is 0 Å². The molecule has 158 valence electrons. The molecule has 0 fully saturated rings. The Hall–Kier alpha value is -4.28. The molecule has 11 heteroatoms. The summed E-state index contributed by atoms with van der Waals surface area (Å²) in [7, 11) is 1.02. The zero-order valence-corrected chi connectivity index (χ0v) is 16.3. The number of rotatable bonds is 4. The number of nitrogen functional groups attached to an aromatic ring is 2. The third-order valence-electron chi connectivity index (χ3n) is 4.52. The number of benzene rings is 1. The summed E-state index contributed by atoms with van der Waals surface area (Å²) in [6.07, 6.45) is 0.349. The Bertz CT molecular complexity index is 1370. The highest BCUT2D eigenvalue weighted by Crippen LogP contribution is 2.32. The normalized spacial score (nSPS) is 12.8. The minimum Gasteiger partial charge on any atom is -0.452 e. The number of amides is 1. The molecule has 0 bridgehead atoms. The fourth-order valence-electron chi connectivity index (χ4n) is 3.08. The van der Waals surface area contributed by atoms with Crippen molar-refractivity contribution in [2.45, 2.75) is 6.54 Å². The van der Waals surface area contributed by atoms with Gasteiger partial charge < -0.3 is 16.2 Å². The van der Waals surface area contributed by atoms with E-state index in [2.05, 4.69) is 24.8 Å². The van der Waals surface area contributed by atoms with Crippen LogP contribution in [0.25, 0.3) is 22.6 Å². The van der Waals surface area contributed by atoms with E-state index in [1.807, 2.05) is 0 Å². The van der Waals surface area contributed by atoms with Crippen molar-refractivity contribution in [3.8, 4) is 11.5 Å². The molecule has 0 spiro atoms. The van der Waals surface area contributed by atoms with Gasteiger partial charge in [0, 0.05) is 22.8 Å². The van der Waals surface area contributed by atoms with E-state index in [4.69, 9.17) is 15.6 Å². The van der Waals surface area contributed by atoms with Gasteiger partial charge in [-0.2, -0.15) is 5.10 Å². The SMILES string of the molecule is [2H]C([2H])([2H])N(C(=O)OC)c1c(N)nc(-c2nn(Cc3ccccc3F)c3ncccc23)nc1N. The zero-order chi connectivity index (χ0) is 24.6. The summed E-state index contributed by atoms with van der Waals surface area (Å²) in [6, 6.07) is 9.66. The van der Waals surface area contributed by atoms with Gasteiger partial charge in [0.05, 0.1) is 19.0 Å². The summed E-state index contributed by atoms with van der Waals surface area (Å²) >= 11 is 0. The molecule has 0 unspecified atom stereocenters. The highest BCUT2D eigenvalue weighted by Gasteiger charge is 2.23. The third-order valence-corrected chi connectivity index (χ3v) is 4.52. The predicted molar refractivity (Wildman–Crippen MR) is 114 cm³/mol. The number of nitrogens with zero attached hydrogens (tertiary/aromatic N) is 6. The van der Waals surface area contributed by atoms with Crippen LogP contribution in [0.5, 0.6) is 0 Å². The Labute approximate surface area is 180 Å². The Kier molecular flexibility index (Phi) is 4.19. The second-order valence-electron chi connectivity index (χ2n) is 6.44. The number of ether oxygens (including phenoxy) is 1. The molecule has 1 amide bonds. The van der Waals surface area contributed by atoms with Crippen LogP contribution < -0.4 is 16.4 Å². The molecule has 0 aliphatic heterocycles. The molecule has 4 N–H and O–H groups in total. The first-order chi connectivity index (χ1) is 16.1. The Morgan fingerprint density at radius 1 is 1.23 bits per heavy atom. The van der Waals surface area contributed by atoms with Crippen LogP contribution in [-0.4, -0.2) is 44.9 Å². The van der Waals surface area contributed by atoms with Crippen molar-refractivity contribution in [3.63, 3.8) is 0 Å². The molecule has 0 aliphatic carbocycles. The van der Waals surface area contributed by atoms with E-state index in [9.17, 15) is 9.18 Å². The maximum absolute atomic E-state index is 14.2. The minimum atomic E-state index is -2.96. The van der Waals surface area contributed by atoms with E-state index >= 15 is 0 Å². The average Bonchev–Trinajstić information content (AvgIpc) is 3.15. The van der Waals surface area contributed by atoms with Crippen LogP contribution in [0.15, 0.2) is 42.6 Å². The summed E-state index contributed by atoms with van der Waals surface area (Å²) in [4.78, 5) is 25.1. The number of anilines is 3. The molecule has 4 rings (SSSR count). The summed E-state index contributed by atoms with van der Waals surface area (Å²) < 4.78 is 43.2. The molecule has 0 radical (unpaired) electrons. The van der Waals surface area contributed by atoms with Gasteiger partial charge in [-0.3, -0.25) is 4.90 Å². The van der Waals surface area contributed by atoms with Gasteiger partial charge in [-0.25, -0.2) is 28.8 Å². The Balaban J connectivity index is 1.84. The monoisotopic (exact) mass is 425 g/mol. The predicted octanol–water partition coefficient (Wildman–Crippen LogP) is 2.44. The maximum Gasteiger partial charge on any atom is 0.413 e. The van der Waals surface area contributed by atoms with E-state index in [0.717, 1.165) is 7.11 Å². The molecule has 10 nitrogen and oxygen atoms in total. The molecule has 0 aliphatic rings. The highest BCUT2D eigenvalue weighted by atomic mass is 19.1. The second kappa shape index (κ2) is 7.86. The van der Waals surface area contributed by atoms with Crippen molar-refractivity contribution < 1.29 is 18.0 Å². The quantitative estimate of drug-likeness (QED) is 0.508. The molecule has 1 aromatic carbocycles. The molecule has 3 aromatic heterocycles. The fraction of sp³-hybridized carbons (Fsp3) is 0.150. The molecule has 4 aromatic rings. The summed E-state index contributed by atoms with van der Waals surface area (Å²) in [6.45, 7) is -2.88. The Morgan fingerprint density at radius 2 is 1.97 bits per heavy atom. The lowest BCUT2D eigenvalue weighted by atomic mass is 10.2. The van der Waals surface area contributed by atoms with Gasteiger partial charge in [-0.05, 0) is 18.2 Å². The van der Waals surface area contributed by atoms with Gasteiger partial charge in [0.25, 0.3) is 0 Å². The van der Waals surface area contributed by atoms with Gasteiger partial charge >= 0.3 is 6.09 Å². The lowest BCUT2D eigenvalue weighted by Gasteiger charge is -2.18. The van der Waals surface area contributed by atoms with Crippen molar-refractivity contribution in [3.05, 3.63) is 54.0 Å². The summed E-state index contributed by atoms with van der Waals surface area (Å²) in [5.74, 6) is -1.17. The van der Waals surface area contributed by atoms with Crippen molar-refractivity contribution in [1.29, 1.82) is 0 Å². The highest BCUT2D eigenvalue weighted by molar-refractivity contribution is 5.96. The Morgan fingerprint density at radius 3 is 2.65 bits per heavy atom. The van der Waals surface area contributed by atoms with Crippen LogP contribution >= 0.6 is 0 Å². The van der Waals surface area contributed by atoms with Crippen LogP contribution in [0.4, 0.5) is 26.5 Å². The van der Waals surface area contributed by atoms with Gasteiger partial charge in [-0.15, -0.1) is 0 Å². The molecule has 31 heavy (non-hydrogen) atoms. The molecule has 0 saturated carbocycles.